The summed E-state index contributed by atoms with van der Waals surface area (Å²) in [7, 11) is 0. The summed E-state index contributed by atoms with van der Waals surface area (Å²) in [6, 6.07) is 6.78. The van der Waals surface area contributed by atoms with Crippen LogP contribution in [0.3, 0.4) is 0 Å². The van der Waals surface area contributed by atoms with E-state index in [1.54, 1.807) is 24.3 Å². The molecule has 80 valence electrons. The first-order chi connectivity index (χ1) is 7.58. The van der Waals surface area contributed by atoms with Crippen LogP contribution in [-0.4, -0.2) is 5.71 Å². The van der Waals surface area contributed by atoms with Gasteiger partial charge in [-0.2, -0.15) is 15.6 Å². The van der Waals surface area contributed by atoms with E-state index in [9.17, 15) is 0 Å². The van der Waals surface area contributed by atoms with Crippen molar-refractivity contribution in [2.45, 2.75) is 6.92 Å². The molecule has 4 nitrogen and oxygen atoms in total. The Morgan fingerprint density at radius 3 is 2.56 bits per heavy atom. The molecule has 0 amide bonds. The zero-order chi connectivity index (χ0) is 12.1. The third-order valence-corrected chi connectivity index (χ3v) is 3.07. The Hall–Kier alpha value is -1.56. The first-order valence-corrected chi connectivity index (χ1v) is 5.35. The second kappa shape index (κ2) is 5.50. The highest BCUT2D eigenvalue weighted by Gasteiger charge is 2.03. The van der Waals surface area contributed by atoms with Gasteiger partial charge in [-0.1, -0.05) is 11.6 Å². The normalized spacial score (nSPS) is 8.81. The lowest BCUT2D eigenvalue weighted by Gasteiger charge is -2.05. The standard InChI is InChI=1S/C10H6BrClN4/c1-6-2-7(3-9(11)10(6)12)15-16-8(4-13)5-14/h2-3,15H,1H3. The number of nitrogens with one attached hydrogen (secondary N) is 1. The van der Waals surface area contributed by atoms with Crippen molar-refractivity contribution in [1.82, 2.24) is 0 Å². The highest BCUT2D eigenvalue weighted by molar-refractivity contribution is 9.10. The van der Waals surface area contributed by atoms with Crippen LogP contribution in [-0.2, 0) is 0 Å². The number of hydrogen-bond donors (Lipinski definition) is 1. The first kappa shape index (κ1) is 12.5. The second-order valence-electron chi connectivity index (χ2n) is 2.88. The Morgan fingerprint density at radius 2 is 2.06 bits per heavy atom. The molecule has 0 heterocycles. The lowest BCUT2D eigenvalue weighted by Crippen LogP contribution is -1.96. The third kappa shape index (κ3) is 2.96. The van der Waals surface area contributed by atoms with Crippen LogP contribution in [0.4, 0.5) is 5.69 Å². The summed E-state index contributed by atoms with van der Waals surface area (Å²) in [5, 5.41) is 21.2. The third-order valence-electron chi connectivity index (χ3n) is 1.72. The van der Waals surface area contributed by atoms with Gasteiger partial charge in [-0.3, -0.25) is 5.43 Å². The molecular weight excluding hydrogens is 291 g/mol. The zero-order valence-corrected chi connectivity index (χ0v) is 10.6. The highest BCUT2D eigenvalue weighted by atomic mass is 79.9. The van der Waals surface area contributed by atoms with Crippen molar-refractivity contribution in [1.29, 1.82) is 10.5 Å². The summed E-state index contributed by atoms with van der Waals surface area (Å²) >= 11 is 9.24. The number of nitriles is 2. The summed E-state index contributed by atoms with van der Waals surface area (Å²) in [4.78, 5) is 0. The Bertz CT molecular complexity index is 486. The fourth-order valence-electron chi connectivity index (χ4n) is 0.987. The number of rotatable bonds is 2. The smallest absolute Gasteiger partial charge is 0.237 e. The Kier molecular flexibility index (Phi) is 4.30. The maximum Gasteiger partial charge on any atom is 0.237 e. The van der Waals surface area contributed by atoms with Crippen LogP contribution >= 0.6 is 27.5 Å². The maximum absolute atomic E-state index is 8.48. The molecule has 0 aliphatic carbocycles. The molecule has 0 spiro atoms. The monoisotopic (exact) mass is 296 g/mol. The fraction of sp³-hybridized carbons (Fsp3) is 0.100. The summed E-state index contributed by atoms with van der Waals surface area (Å²) in [5.41, 5.74) is 3.89. The zero-order valence-electron chi connectivity index (χ0n) is 8.25. The van der Waals surface area contributed by atoms with Crippen LogP contribution in [0.15, 0.2) is 21.7 Å². The molecule has 0 aromatic heterocycles. The molecule has 0 aliphatic rings. The van der Waals surface area contributed by atoms with E-state index in [0.29, 0.717) is 10.7 Å². The number of hydrogen-bond acceptors (Lipinski definition) is 4. The predicted octanol–water partition coefficient (Wildman–Crippen LogP) is 3.23. The topological polar surface area (TPSA) is 72.0 Å². The van der Waals surface area contributed by atoms with Gasteiger partial charge >= 0.3 is 0 Å². The van der Waals surface area contributed by atoms with Crippen LogP contribution in [0.5, 0.6) is 0 Å². The van der Waals surface area contributed by atoms with Crippen LogP contribution in [0.2, 0.25) is 5.02 Å². The molecule has 0 radical (unpaired) electrons. The van der Waals surface area contributed by atoms with E-state index in [1.165, 1.54) is 0 Å². The van der Waals surface area contributed by atoms with Gasteiger partial charge in [0.25, 0.3) is 0 Å². The average molecular weight is 298 g/mol. The summed E-state index contributed by atoms with van der Waals surface area (Å²) in [5.74, 6) is 0. The van der Waals surface area contributed by atoms with Gasteiger partial charge in [-0.15, -0.1) is 0 Å². The van der Waals surface area contributed by atoms with E-state index in [2.05, 4.69) is 26.5 Å². The molecule has 0 fully saturated rings. The van der Waals surface area contributed by atoms with Crippen LogP contribution < -0.4 is 5.43 Å². The minimum Gasteiger partial charge on any atom is -0.276 e. The van der Waals surface area contributed by atoms with E-state index < -0.39 is 0 Å². The Balaban J connectivity index is 2.98. The molecule has 0 aliphatic heterocycles. The summed E-state index contributed by atoms with van der Waals surface area (Å²) in [6.45, 7) is 1.84. The first-order valence-electron chi connectivity index (χ1n) is 4.18. The summed E-state index contributed by atoms with van der Waals surface area (Å²) in [6.07, 6.45) is 0. The minimum absolute atomic E-state index is 0.233. The minimum atomic E-state index is -0.233. The molecule has 0 atom stereocenters. The van der Waals surface area contributed by atoms with Gasteiger partial charge < -0.3 is 0 Å². The molecule has 1 rings (SSSR count). The van der Waals surface area contributed by atoms with Gasteiger partial charge in [0, 0.05) is 4.47 Å². The molecule has 0 saturated heterocycles. The van der Waals surface area contributed by atoms with Crippen LogP contribution in [0, 0.1) is 29.6 Å². The van der Waals surface area contributed by atoms with Crippen LogP contribution in [0.1, 0.15) is 5.56 Å². The largest absolute Gasteiger partial charge is 0.276 e. The van der Waals surface area contributed by atoms with E-state index in [1.807, 2.05) is 6.92 Å². The number of nitrogens with zero attached hydrogens (tertiary/aromatic N) is 3. The molecule has 0 unspecified atom stereocenters. The van der Waals surface area contributed by atoms with Crippen molar-refractivity contribution in [3.63, 3.8) is 0 Å². The lowest BCUT2D eigenvalue weighted by molar-refractivity contribution is 1.32. The number of aryl methyl sites for hydroxylation is 1. The number of halogens is 2. The van der Waals surface area contributed by atoms with E-state index in [-0.39, 0.29) is 5.71 Å². The molecular formula is C10H6BrClN4. The van der Waals surface area contributed by atoms with Crippen molar-refractivity contribution in [2.24, 2.45) is 5.10 Å². The average Bonchev–Trinajstić information content (AvgIpc) is 2.27. The van der Waals surface area contributed by atoms with Gasteiger partial charge in [0.15, 0.2) is 0 Å². The quantitative estimate of drug-likeness (QED) is 0.673. The van der Waals surface area contributed by atoms with E-state index >= 15 is 0 Å². The van der Waals surface area contributed by atoms with Gasteiger partial charge in [0.1, 0.15) is 12.1 Å². The molecule has 6 heteroatoms. The molecule has 1 aromatic rings. The molecule has 0 saturated carbocycles. The number of benzene rings is 1. The Morgan fingerprint density at radius 1 is 1.44 bits per heavy atom. The van der Waals surface area contributed by atoms with Gasteiger partial charge in [-0.05, 0) is 40.5 Å². The van der Waals surface area contributed by atoms with Crippen molar-refractivity contribution in [3.05, 3.63) is 27.2 Å². The fourth-order valence-corrected chi connectivity index (χ4v) is 1.65. The molecule has 0 bridgehead atoms. The van der Waals surface area contributed by atoms with Gasteiger partial charge in [0.2, 0.25) is 5.71 Å². The SMILES string of the molecule is Cc1cc(NN=C(C#N)C#N)cc(Br)c1Cl. The van der Waals surface area contributed by atoms with Crippen molar-refractivity contribution in [3.8, 4) is 12.1 Å². The second-order valence-corrected chi connectivity index (χ2v) is 4.12. The summed E-state index contributed by atoms with van der Waals surface area (Å²) < 4.78 is 0.724. The lowest BCUT2D eigenvalue weighted by atomic mass is 10.2. The van der Waals surface area contributed by atoms with Gasteiger partial charge in [-0.25, -0.2) is 0 Å². The number of hydrazone groups is 1. The highest BCUT2D eigenvalue weighted by Crippen LogP contribution is 2.29. The van der Waals surface area contributed by atoms with Crippen molar-refractivity contribution < 1.29 is 0 Å². The number of anilines is 1. The van der Waals surface area contributed by atoms with E-state index in [0.717, 1.165) is 10.0 Å². The Labute approximate surface area is 106 Å². The predicted molar refractivity (Wildman–Crippen MR) is 66.2 cm³/mol. The maximum atomic E-state index is 8.48. The molecule has 1 N–H and O–H groups in total. The van der Waals surface area contributed by atoms with Gasteiger partial charge in [0.05, 0.1) is 10.7 Å². The van der Waals surface area contributed by atoms with Crippen molar-refractivity contribution in [2.75, 3.05) is 5.43 Å². The van der Waals surface area contributed by atoms with Crippen LogP contribution in [0.25, 0.3) is 0 Å². The van der Waals surface area contributed by atoms with E-state index in [4.69, 9.17) is 22.1 Å². The molecule has 1 aromatic carbocycles. The van der Waals surface area contributed by atoms with Crippen molar-refractivity contribution >= 4 is 38.9 Å². The molecule has 16 heavy (non-hydrogen) atoms.